The highest BCUT2D eigenvalue weighted by Gasteiger charge is 2.42. The number of amides is 1. The fourth-order valence-corrected chi connectivity index (χ4v) is 5.88. The Morgan fingerprint density at radius 2 is 1.77 bits per heavy atom. The summed E-state index contributed by atoms with van der Waals surface area (Å²) in [5, 5.41) is 1.21. The third kappa shape index (κ3) is 4.97. The van der Waals surface area contributed by atoms with Gasteiger partial charge in [0.25, 0.3) is 0 Å². The van der Waals surface area contributed by atoms with Crippen LogP contribution in [0.3, 0.4) is 0 Å². The van der Waals surface area contributed by atoms with E-state index in [1.165, 1.54) is 22.1 Å². The molecule has 1 aromatic heterocycles. The lowest BCUT2D eigenvalue weighted by atomic mass is 9.73. The summed E-state index contributed by atoms with van der Waals surface area (Å²) in [7, 11) is 1.94. The molecule has 1 saturated heterocycles. The summed E-state index contributed by atoms with van der Waals surface area (Å²) in [6.45, 7) is 8.08. The summed E-state index contributed by atoms with van der Waals surface area (Å²) in [4.78, 5) is 18.1. The van der Waals surface area contributed by atoms with Gasteiger partial charge in [0.1, 0.15) is 23.7 Å². The number of rotatable bonds is 2. The Morgan fingerprint density at radius 3 is 2.60 bits per heavy atom. The van der Waals surface area contributed by atoms with Crippen LogP contribution in [0.25, 0.3) is 11.0 Å². The van der Waals surface area contributed by atoms with E-state index in [-0.39, 0.29) is 5.41 Å². The summed E-state index contributed by atoms with van der Waals surface area (Å²) in [5.41, 5.74) is 4.46. The van der Waals surface area contributed by atoms with Crippen LogP contribution in [0.4, 0.5) is 0 Å². The number of likely N-dealkylation sites (tertiary alicyclic amines) is 1. The van der Waals surface area contributed by atoms with Crippen LogP contribution in [0.1, 0.15) is 54.6 Å². The second-order valence-electron chi connectivity index (χ2n) is 10.6. The lowest BCUT2D eigenvalue weighted by Gasteiger charge is -2.42. The maximum Gasteiger partial charge on any atom is 0.228 e. The number of carbonyl (C=O) groups is 1. The smallest absolute Gasteiger partial charge is 0.228 e. The summed E-state index contributed by atoms with van der Waals surface area (Å²) < 4.78 is 12.3. The summed E-state index contributed by atoms with van der Waals surface area (Å²) in [6.07, 6.45) is 5.94. The number of nitrogens with zero attached hydrogens (tertiary/aromatic N) is 2. The minimum atomic E-state index is -0.260. The van der Waals surface area contributed by atoms with Crippen molar-refractivity contribution in [3.63, 3.8) is 0 Å². The van der Waals surface area contributed by atoms with Crippen LogP contribution in [0, 0.1) is 19.3 Å². The predicted molar refractivity (Wildman–Crippen MR) is 140 cm³/mol. The molecule has 1 fully saturated rings. The summed E-state index contributed by atoms with van der Waals surface area (Å²) >= 11 is 0. The SMILES string of the molecule is Cc1ccc2c(C)c(CN3CCC4(CCCCc5ccccc5OCCN(C)C4=O)CC3)oc2c1. The molecule has 1 spiro atoms. The molecule has 5 heteroatoms. The first kappa shape index (κ1) is 23.9. The molecule has 0 N–H and O–H groups in total. The molecular formula is C30H38N2O3. The molecule has 0 aliphatic carbocycles. The van der Waals surface area contributed by atoms with E-state index in [1.807, 2.05) is 24.1 Å². The molecule has 0 unspecified atom stereocenters. The van der Waals surface area contributed by atoms with Gasteiger partial charge in [0.15, 0.2) is 0 Å². The zero-order valence-electron chi connectivity index (χ0n) is 21.4. The van der Waals surface area contributed by atoms with Gasteiger partial charge in [-0.25, -0.2) is 0 Å². The monoisotopic (exact) mass is 474 g/mol. The van der Waals surface area contributed by atoms with E-state index in [9.17, 15) is 4.79 Å². The van der Waals surface area contributed by atoms with E-state index in [2.05, 4.69) is 49.1 Å². The van der Waals surface area contributed by atoms with Crippen LogP contribution >= 0.6 is 0 Å². The number of piperidine rings is 1. The molecule has 2 aromatic carbocycles. The molecule has 35 heavy (non-hydrogen) atoms. The Balaban J connectivity index is 1.27. The molecule has 3 aromatic rings. The number of aryl methyl sites for hydroxylation is 3. The van der Waals surface area contributed by atoms with Gasteiger partial charge in [-0.1, -0.05) is 36.8 Å². The van der Waals surface area contributed by atoms with Crippen LogP contribution in [0.2, 0.25) is 0 Å². The highest BCUT2D eigenvalue weighted by atomic mass is 16.5. The first-order valence-electron chi connectivity index (χ1n) is 13.1. The Kier molecular flexibility index (Phi) is 6.88. The predicted octanol–water partition coefficient (Wildman–Crippen LogP) is 5.90. The fourth-order valence-electron chi connectivity index (χ4n) is 5.88. The van der Waals surface area contributed by atoms with Crippen molar-refractivity contribution < 1.29 is 13.9 Å². The lowest BCUT2D eigenvalue weighted by molar-refractivity contribution is -0.145. The molecule has 2 aliphatic rings. The van der Waals surface area contributed by atoms with Crippen LogP contribution < -0.4 is 4.74 Å². The standard InChI is InChI=1S/C30H38N2O3/c1-22-11-12-25-23(2)28(35-27(25)20-22)21-32-16-14-30(15-17-32)13-7-6-9-24-8-4-5-10-26(24)34-19-18-31(3)29(30)33/h4-5,8,10-12,20H,6-7,9,13-19,21H2,1-3H3. The molecule has 0 atom stereocenters. The van der Waals surface area contributed by atoms with Crippen molar-refractivity contribution in [1.82, 2.24) is 9.80 Å². The lowest BCUT2D eigenvalue weighted by Crippen LogP contribution is -2.50. The zero-order valence-corrected chi connectivity index (χ0v) is 21.4. The van der Waals surface area contributed by atoms with Crippen molar-refractivity contribution in [3.05, 3.63) is 64.9 Å². The minimum Gasteiger partial charge on any atom is -0.491 e. The van der Waals surface area contributed by atoms with E-state index in [0.29, 0.717) is 19.1 Å². The van der Waals surface area contributed by atoms with E-state index >= 15 is 0 Å². The van der Waals surface area contributed by atoms with Crippen LogP contribution in [-0.4, -0.2) is 49.0 Å². The number of carbonyl (C=O) groups excluding carboxylic acids is 1. The Bertz CT molecular complexity index is 1190. The average molecular weight is 475 g/mol. The van der Waals surface area contributed by atoms with Crippen LogP contribution in [0.5, 0.6) is 5.75 Å². The van der Waals surface area contributed by atoms with Crippen molar-refractivity contribution >= 4 is 16.9 Å². The van der Waals surface area contributed by atoms with Crippen molar-refractivity contribution in [2.24, 2.45) is 5.41 Å². The van der Waals surface area contributed by atoms with Gasteiger partial charge in [0.2, 0.25) is 5.91 Å². The number of likely N-dealkylation sites (N-methyl/N-ethyl adjacent to an activating group) is 1. The average Bonchev–Trinajstić information content (AvgIpc) is 3.16. The number of hydrogen-bond donors (Lipinski definition) is 0. The third-order valence-electron chi connectivity index (χ3n) is 8.18. The zero-order chi connectivity index (χ0) is 24.4. The van der Waals surface area contributed by atoms with Gasteiger partial charge in [0, 0.05) is 12.4 Å². The third-order valence-corrected chi connectivity index (χ3v) is 8.18. The van der Waals surface area contributed by atoms with Crippen molar-refractivity contribution in [2.75, 3.05) is 33.3 Å². The first-order valence-corrected chi connectivity index (χ1v) is 13.1. The van der Waals surface area contributed by atoms with Crippen molar-refractivity contribution in [1.29, 1.82) is 0 Å². The van der Waals surface area contributed by atoms with E-state index in [0.717, 1.165) is 75.3 Å². The van der Waals surface area contributed by atoms with Gasteiger partial charge in [-0.05, 0) is 87.9 Å². The van der Waals surface area contributed by atoms with Crippen LogP contribution in [0.15, 0.2) is 46.9 Å². The summed E-state index contributed by atoms with van der Waals surface area (Å²) in [6, 6.07) is 14.8. The quantitative estimate of drug-likeness (QED) is 0.464. The Morgan fingerprint density at radius 1 is 0.971 bits per heavy atom. The maximum absolute atomic E-state index is 13.7. The molecule has 3 heterocycles. The molecule has 5 rings (SSSR count). The van der Waals surface area contributed by atoms with Gasteiger partial charge in [-0.15, -0.1) is 0 Å². The van der Waals surface area contributed by atoms with Gasteiger partial charge in [-0.2, -0.15) is 0 Å². The number of furan rings is 1. The number of para-hydroxylation sites is 1. The van der Waals surface area contributed by atoms with Crippen LogP contribution in [-0.2, 0) is 17.8 Å². The van der Waals surface area contributed by atoms with Gasteiger partial charge < -0.3 is 14.1 Å². The highest BCUT2D eigenvalue weighted by molar-refractivity contribution is 5.83. The molecule has 0 radical (unpaired) electrons. The topological polar surface area (TPSA) is 45.9 Å². The van der Waals surface area contributed by atoms with Crippen molar-refractivity contribution in [2.45, 2.75) is 58.9 Å². The number of fused-ring (bicyclic) bond motifs is 2. The molecule has 5 nitrogen and oxygen atoms in total. The minimum absolute atomic E-state index is 0.260. The van der Waals surface area contributed by atoms with E-state index in [1.54, 1.807) is 0 Å². The van der Waals surface area contributed by atoms with E-state index < -0.39 is 0 Å². The van der Waals surface area contributed by atoms with Crippen molar-refractivity contribution in [3.8, 4) is 5.75 Å². The second-order valence-corrected chi connectivity index (χ2v) is 10.6. The molecule has 186 valence electrons. The summed E-state index contributed by atoms with van der Waals surface area (Å²) in [5.74, 6) is 2.32. The fraction of sp³-hybridized carbons (Fsp3) is 0.500. The number of benzene rings is 2. The van der Waals surface area contributed by atoms with Gasteiger partial charge in [0.05, 0.1) is 18.5 Å². The Hall–Kier alpha value is -2.79. The Labute approximate surface area is 209 Å². The second kappa shape index (κ2) is 10.1. The molecule has 0 bridgehead atoms. The molecule has 1 amide bonds. The maximum atomic E-state index is 13.7. The number of hydrogen-bond acceptors (Lipinski definition) is 4. The largest absolute Gasteiger partial charge is 0.491 e. The molecule has 2 aliphatic heterocycles. The first-order chi connectivity index (χ1) is 16.9. The highest BCUT2D eigenvalue weighted by Crippen LogP contribution is 2.40. The normalized spacial score (nSPS) is 19.7. The molecular weight excluding hydrogens is 436 g/mol. The van der Waals surface area contributed by atoms with E-state index in [4.69, 9.17) is 9.15 Å². The van der Waals surface area contributed by atoms with Gasteiger partial charge in [-0.3, -0.25) is 9.69 Å². The molecule has 0 saturated carbocycles. The van der Waals surface area contributed by atoms with Gasteiger partial charge >= 0.3 is 0 Å². The number of ether oxygens (including phenoxy) is 1.